The van der Waals surface area contributed by atoms with Crippen LogP contribution in [-0.2, 0) is 4.79 Å². The standard InChI is InChI=1S/C15H21BrN2O3/c16-12-5-1-2-7-14(12)21-10-11(19)9-18-15(20)13-6-3-4-8-17-13/h1-2,5,7,11,13,17,19H,3-4,6,8-10H2,(H,18,20). The van der Waals surface area contributed by atoms with Crippen molar-refractivity contribution in [2.75, 3.05) is 19.7 Å². The first-order chi connectivity index (χ1) is 10.2. The molecule has 1 saturated heterocycles. The van der Waals surface area contributed by atoms with Crippen molar-refractivity contribution in [3.05, 3.63) is 28.7 Å². The van der Waals surface area contributed by atoms with E-state index in [0.29, 0.717) is 5.75 Å². The lowest BCUT2D eigenvalue weighted by Crippen LogP contribution is -2.48. The SMILES string of the molecule is O=C(NCC(O)COc1ccccc1Br)C1CCCCN1. The molecule has 0 aromatic heterocycles. The van der Waals surface area contributed by atoms with E-state index in [2.05, 4.69) is 26.6 Å². The van der Waals surface area contributed by atoms with Gasteiger partial charge in [0.25, 0.3) is 0 Å². The maximum atomic E-state index is 11.9. The Hall–Kier alpha value is -1.11. The number of carbonyl (C=O) groups excluding carboxylic acids is 1. The Kier molecular flexibility index (Phi) is 6.48. The Bertz CT molecular complexity index is 464. The number of nitrogens with one attached hydrogen (secondary N) is 2. The van der Waals surface area contributed by atoms with E-state index in [1.807, 2.05) is 24.3 Å². The third kappa shape index (κ3) is 5.30. The van der Waals surface area contributed by atoms with Crippen LogP contribution in [0.4, 0.5) is 0 Å². The second-order valence-electron chi connectivity index (χ2n) is 5.14. The Morgan fingerprint density at radius 3 is 3.00 bits per heavy atom. The van der Waals surface area contributed by atoms with Crippen LogP contribution >= 0.6 is 15.9 Å². The molecule has 1 heterocycles. The monoisotopic (exact) mass is 356 g/mol. The number of hydrogen-bond donors (Lipinski definition) is 3. The maximum Gasteiger partial charge on any atom is 0.237 e. The van der Waals surface area contributed by atoms with Gasteiger partial charge in [-0.3, -0.25) is 4.79 Å². The normalized spacial score (nSPS) is 19.8. The van der Waals surface area contributed by atoms with Gasteiger partial charge < -0.3 is 20.5 Å². The van der Waals surface area contributed by atoms with Gasteiger partial charge in [-0.15, -0.1) is 0 Å². The number of rotatable bonds is 6. The van der Waals surface area contributed by atoms with Gasteiger partial charge in [-0.25, -0.2) is 0 Å². The average Bonchev–Trinajstić information content (AvgIpc) is 2.52. The highest BCUT2D eigenvalue weighted by molar-refractivity contribution is 9.10. The zero-order valence-corrected chi connectivity index (χ0v) is 13.4. The first-order valence-electron chi connectivity index (χ1n) is 7.23. The molecule has 5 nitrogen and oxygen atoms in total. The first-order valence-corrected chi connectivity index (χ1v) is 8.02. The summed E-state index contributed by atoms with van der Waals surface area (Å²) in [6.45, 7) is 1.22. The summed E-state index contributed by atoms with van der Waals surface area (Å²) in [5, 5.41) is 15.8. The van der Waals surface area contributed by atoms with Crippen LogP contribution in [0.25, 0.3) is 0 Å². The van der Waals surface area contributed by atoms with E-state index in [4.69, 9.17) is 4.74 Å². The highest BCUT2D eigenvalue weighted by atomic mass is 79.9. The van der Waals surface area contributed by atoms with Crippen LogP contribution in [0, 0.1) is 0 Å². The van der Waals surface area contributed by atoms with Crippen LogP contribution in [0.3, 0.4) is 0 Å². The lowest BCUT2D eigenvalue weighted by molar-refractivity contribution is -0.124. The van der Waals surface area contributed by atoms with Gasteiger partial charge in [0, 0.05) is 6.54 Å². The number of piperidine rings is 1. The Balaban J connectivity index is 1.68. The van der Waals surface area contributed by atoms with E-state index in [0.717, 1.165) is 30.3 Å². The molecule has 3 N–H and O–H groups in total. The molecule has 116 valence electrons. The molecule has 2 rings (SSSR count). The van der Waals surface area contributed by atoms with Gasteiger partial charge in [-0.2, -0.15) is 0 Å². The Morgan fingerprint density at radius 1 is 1.48 bits per heavy atom. The number of aliphatic hydroxyl groups excluding tert-OH is 1. The van der Waals surface area contributed by atoms with Crippen molar-refractivity contribution < 1.29 is 14.6 Å². The van der Waals surface area contributed by atoms with Crippen LogP contribution in [0.15, 0.2) is 28.7 Å². The molecule has 0 saturated carbocycles. The molecular weight excluding hydrogens is 336 g/mol. The molecule has 0 aliphatic carbocycles. The molecule has 2 atom stereocenters. The molecule has 6 heteroatoms. The average molecular weight is 357 g/mol. The van der Waals surface area contributed by atoms with Crippen molar-refractivity contribution >= 4 is 21.8 Å². The molecule has 0 spiro atoms. The molecule has 1 aliphatic rings. The van der Waals surface area contributed by atoms with Crippen molar-refractivity contribution in [1.82, 2.24) is 10.6 Å². The number of para-hydroxylation sites is 1. The van der Waals surface area contributed by atoms with Crippen molar-refractivity contribution in [2.45, 2.75) is 31.4 Å². The fourth-order valence-corrected chi connectivity index (χ4v) is 2.62. The number of hydrogen-bond acceptors (Lipinski definition) is 4. The van der Waals surface area contributed by atoms with Crippen molar-refractivity contribution in [2.24, 2.45) is 0 Å². The number of ether oxygens (including phenoxy) is 1. The van der Waals surface area contributed by atoms with Gasteiger partial charge in [-0.1, -0.05) is 18.6 Å². The van der Waals surface area contributed by atoms with Crippen LogP contribution in [0.5, 0.6) is 5.75 Å². The third-order valence-corrected chi connectivity index (χ3v) is 4.06. The molecular formula is C15H21BrN2O3. The Labute approximate surface area is 133 Å². The zero-order chi connectivity index (χ0) is 15.1. The second-order valence-corrected chi connectivity index (χ2v) is 6.00. The lowest BCUT2D eigenvalue weighted by atomic mass is 10.0. The smallest absolute Gasteiger partial charge is 0.237 e. The number of benzene rings is 1. The fourth-order valence-electron chi connectivity index (χ4n) is 2.22. The molecule has 1 fully saturated rings. The Morgan fingerprint density at radius 2 is 2.29 bits per heavy atom. The van der Waals surface area contributed by atoms with Crippen molar-refractivity contribution in [3.8, 4) is 5.75 Å². The van der Waals surface area contributed by atoms with Crippen LogP contribution in [0.1, 0.15) is 19.3 Å². The number of amides is 1. The maximum absolute atomic E-state index is 11.9. The summed E-state index contributed by atoms with van der Waals surface area (Å²) >= 11 is 3.38. The van der Waals surface area contributed by atoms with E-state index in [-0.39, 0.29) is 25.1 Å². The second kappa shape index (κ2) is 8.36. The van der Waals surface area contributed by atoms with Crippen LogP contribution in [0.2, 0.25) is 0 Å². The highest BCUT2D eigenvalue weighted by Gasteiger charge is 2.20. The summed E-state index contributed by atoms with van der Waals surface area (Å²) in [5.74, 6) is 0.631. The molecule has 1 aromatic rings. The fraction of sp³-hybridized carbons (Fsp3) is 0.533. The number of halogens is 1. The van der Waals surface area contributed by atoms with Gasteiger partial charge in [0.05, 0.1) is 10.5 Å². The van der Waals surface area contributed by atoms with Crippen LogP contribution in [-0.4, -0.2) is 42.9 Å². The van der Waals surface area contributed by atoms with Gasteiger partial charge >= 0.3 is 0 Å². The number of carbonyl (C=O) groups is 1. The summed E-state index contributed by atoms with van der Waals surface area (Å²) in [4.78, 5) is 11.9. The molecule has 1 aliphatic heterocycles. The molecule has 21 heavy (non-hydrogen) atoms. The number of aliphatic hydroxyl groups is 1. The highest BCUT2D eigenvalue weighted by Crippen LogP contribution is 2.23. The molecule has 1 aromatic carbocycles. The molecule has 0 radical (unpaired) electrons. The lowest BCUT2D eigenvalue weighted by Gasteiger charge is -2.23. The summed E-state index contributed by atoms with van der Waals surface area (Å²) in [6, 6.07) is 7.32. The minimum Gasteiger partial charge on any atom is -0.490 e. The predicted molar refractivity (Wildman–Crippen MR) is 84.3 cm³/mol. The molecule has 1 amide bonds. The van der Waals surface area contributed by atoms with E-state index in [1.165, 1.54) is 0 Å². The molecule has 0 bridgehead atoms. The molecule has 2 unspecified atom stereocenters. The topological polar surface area (TPSA) is 70.6 Å². The summed E-state index contributed by atoms with van der Waals surface area (Å²) in [5.41, 5.74) is 0. The van der Waals surface area contributed by atoms with Gasteiger partial charge in [0.15, 0.2) is 0 Å². The minimum atomic E-state index is -0.732. The van der Waals surface area contributed by atoms with E-state index < -0.39 is 6.10 Å². The van der Waals surface area contributed by atoms with E-state index in [9.17, 15) is 9.90 Å². The van der Waals surface area contributed by atoms with E-state index >= 15 is 0 Å². The van der Waals surface area contributed by atoms with E-state index in [1.54, 1.807) is 0 Å². The van der Waals surface area contributed by atoms with Gasteiger partial charge in [0.1, 0.15) is 18.5 Å². The zero-order valence-electron chi connectivity index (χ0n) is 11.8. The quantitative estimate of drug-likeness (QED) is 0.721. The van der Waals surface area contributed by atoms with Gasteiger partial charge in [0.2, 0.25) is 5.91 Å². The third-order valence-electron chi connectivity index (χ3n) is 3.41. The predicted octanol–water partition coefficient (Wildman–Crippen LogP) is 1.45. The van der Waals surface area contributed by atoms with Crippen molar-refractivity contribution in [1.29, 1.82) is 0 Å². The first kappa shape index (κ1) is 16.3. The summed E-state index contributed by atoms with van der Waals surface area (Å²) in [7, 11) is 0. The van der Waals surface area contributed by atoms with Gasteiger partial charge in [-0.05, 0) is 47.4 Å². The summed E-state index contributed by atoms with van der Waals surface area (Å²) < 4.78 is 6.35. The minimum absolute atomic E-state index is 0.0466. The summed E-state index contributed by atoms with van der Waals surface area (Å²) in [6.07, 6.45) is 2.31. The van der Waals surface area contributed by atoms with Crippen molar-refractivity contribution in [3.63, 3.8) is 0 Å². The largest absolute Gasteiger partial charge is 0.490 e. The van der Waals surface area contributed by atoms with Crippen LogP contribution < -0.4 is 15.4 Å².